The third-order valence-electron chi connectivity index (χ3n) is 6.32. The van der Waals surface area contributed by atoms with Gasteiger partial charge in [0.1, 0.15) is 11.5 Å². The van der Waals surface area contributed by atoms with E-state index in [1.807, 2.05) is 0 Å². The molecule has 0 aliphatic carbocycles. The predicted octanol–water partition coefficient (Wildman–Crippen LogP) is 2.36. The van der Waals surface area contributed by atoms with Crippen LogP contribution in [0.5, 0.6) is 0 Å². The number of rotatable bonds is 5. The molecule has 0 saturated carbocycles. The minimum absolute atomic E-state index is 0.0128. The molecule has 10 nitrogen and oxygen atoms in total. The van der Waals surface area contributed by atoms with E-state index in [1.165, 1.54) is 7.11 Å². The topological polar surface area (TPSA) is 107 Å². The molecule has 2 fully saturated rings. The summed E-state index contributed by atoms with van der Waals surface area (Å²) in [5, 5.41) is 3.64. The molecular formula is C22H29Cl2N7O3. The molecule has 4 rings (SSSR count). The standard InChI is InChI=1S/C22H29Cl2N7O3/c1-13-17(23)18(24)19(25-13)20(32)26-14-4-6-30(7-5-14)16-12-15(21(33)34-3)27-22(28-16)31-10-8-29(2)9-11-31/h12,14,25H,4-11H2,1-3H3,(H,26,32). The maximum Gasteiger partial charge on any atom is 0.356 e. The van der Waals surface area contributed by atoms with E-state index in [1.54, 1.807) is 13.0 Å². The highest BCUT2D eigenvalue weighted by atomic mass is 35.5. The number of piperazine rings is 1. The molecule has 0 aromatic carbocycles. The zero-order valence-corrected chi connectivity index (χ0v) is 21.0. The Kier molecular flexibility index (Phi) is 7.49. The molecule has 12 heteroatoms. The Balaban J connectivity index is 1.44. The summed E-state index contributed by atoms with van der Waals surface area (Å²) in [5.41, 5.74) is 1.18. The van der Waals surface area contributed by atoms with Crippen molar-refractivity contribution in [2.24, 2.45) is 0 Å². The second-order valence-corrected chi connectivity index (χ2v) is 9.44. The fourth-order valence-corrected chi connectivity index (χ4v) is 4.60. The Hall–Kier alpha value is -2.56. The van der Waals surface area contributed by atoms with E-state index in [0.717, 1.165) is 39.0 Å². The first kappa shape index (κ1) is 24.6. The number of aryl methyl sites for hydroxylation is 1. The number of amides is 1. The van der Waals surface area contributed by atoms with Crippen molar-refractivity contribution in [2.75, 3.05) is 63.2 Å². The first-order chi connectivity index (χ1) is 16.3. The van der Waals surface area contributed by atoms with Crippen LogP contribution in [0.1, 0.15) is 39.5 Å². The van der Waals surface area contributed by atoms with Gasteiger partial charge in [0.15, 0.2) is 5.69 Å². The van der Waals surface area contributed by atoms with Gasteiger partial charge in [-0.3, -0.25) is 4.79 Å². The van der Waals surface area contributed by atoms with Crippen molar-refractivity contribution in [3.05, 3.63) is 33.2 Å². The third-order valence-corrected chi connectivity index (χ3v) is 7.26. The number of hydrogen-bond donors (Lipinski definition) is 2. The highest BCUT2D eigenvalue weighted by molar-refractivity contribution is 6.44. The second kappa shape index (κ2) is 10.4. The van der Waals surface area contributed by atoms with Gasteiger partial charge in [-0.25, -0.2) is 9.78 Å². The number of ether oxygens (including phenoxy) is 1. The van der Waals surface area contributed by atoms with Crippen molar-refractivity contribution in [1.29, 1.82) is 0 Å². The van der Waals surface area contributed by atoms with Gasteiger partial charge in [-0.05, 0) is 26.8 Å². The molecule has 2 aromatic rings. The Bertz CT molecular complexity index is 1060. The summed E-state index contributed by atoms with van der Waals surface area (Å²) in [5.74, 6) is 0.461. The lowest BCUT2D eigenvalue weighted by atomic mass is 10.0. The molecule has 2 aliphatic rings. The average molecular weight is 510 g/mol. The van der Waals surface area contributed by atoms with E-state index in [2.05, 4.69) is 37.0 Å². The summed E-state index contributed by atoms with van der Waals surface area (Å²) in [4.78, 5) is 43.6. The summed E-state index contributed by atoms with van der Waals surface area (Å²) < 4.78 is 4.92. The predicted molar refractivity (Wildman–Crippen MR) is 131 cm³/mol. The number of esters is 1. The van der Waals surface area contributed by atoms with Crippen LogP contribution in [0.2, 0.25) is 10.0 Å². The van der Waals surface area contributed by atoms with Crippen molar-refractivity contribution in [1.82, 2.24) is 25.2 Å². The Morgan fingerprint density at radius 1 is 1.06 bits per heavy atom. The number of anilines is 2. The van der Waals surface area contributed by atoms with Gasteiger partial charge in [0, 0.05) is 57.1 Å². The number of methoxy groups -OCH3 is 1. The van der Waals surface area contributed by atoms with Crippen LogP contribution in [-0.2, 0) is 4.74 Å². The van der Waals surface area contributed by atoms with E-state index in [4.69, 9.17) is 32.9 Å². The minimum Gasteiger partial charge on any atom is -0.464 e. The number of aromatic amines is 1. The fourth-order valence-electron chi connectivity index (χ4n) is 4.18. The van der Waals surface area contributed by atoms with Crippen LogP contribution >= 0.6 is 23.2 Å². The molecule has 2 aromatic heterocycles. The molecule has 4 heterocycles. The number of nitrogens with zero attached hydrogens (tertiary/aromatic N) is 5. The molecule has 2 saturated heterocycles. The normalized spacial score (nSPS) is 17.7. The molecule has 0 spiro atoms. The summed E-state index contributed by atoms with van der Waals surface area (Å²) in [6, 6.07) is 1.66. The Labute approximate surface area is 208 Å². The van der Waals surface area contributed by atoms with Gasteiger partial charge in [0.25, 0.3) is 5.91 Å². The van der Waals surface area contributed by atoms with Gasteiger partial charge >= 0.3 is 5.97 Å². The molecule has 2 aliphatic heterocycles. The van der Waals surface area contributed by atoms with Crippen molar-refractivity contribution in [3.63, 3.8) is 0 Å². The molecule has 0 atom stereocenters. The van der Waals surface area contributed by atoms with Gasteiger partial charge in [0.2, 0.25) is 5.95 Å². The van der Waals surface area contributed by atoms with Crippen molar-refractivity contribution in [3.8, 4) is 0 Å². The van der Waals surface area contributed by atoms with Crippen molar-refractivity contribution < 1.29 is 14.3 Å². The molecule has 1 amide bonds. The van der Waals surface area contributed by atoms with Gasteiger partial charge in [-0.1, -0.05) is 23.2 Å². The van der Waals surface area contributed by atoms with E-state index in [0.29, 0.717) is 35.6 Å². The lowest BCUT2D eigenvalue weighted by Gasteiger charge is -2.35. The van der Waals surface area contributed by atoms with Gasteiger partial charge in [0.05, 0.1) is 17.2 Å². The van der Waals surface area contributed by atoms with Crippen LogP contribution in [-0.4, -0.2) is 91.2 Å². The molecule has 0 bridgehead atoms. The maximum absolute atomic E-state index is 12.7. The molecular weight excluding hydrogens is 481 g/mol. The van der Waals surface area contributed by atoms with Gasteiger partial charge in [-0.2, -0.15) is 4.98 Å². The van der Waals surface area contributed by atoms with Crippen LogP contribution in [0, 0.1) is 6.92 Å². The summed E-state index contributed by atoms with van der Waals surface area (Å²) in [6.07, 6.45) is 1.44. The zero-order chi connectivity index (χ0) is 24.4. The molecule has 2 N–H and O–H groups in total. The Morgan fingerprint density at radius 3 is 2.32 bits per heavy atom. The number of likely N-dealkylation sites (N-methyl/N-ethyl adjacent to an activating group) is 1. The summed E-state index contributed by atoms with van der Waals surface area (Å²) in [7, 11) is 3.43. The smallest absolute Gasteiger partial charge is 0.356 e. The Morgan fingerprint density at radius 2 is 1.74 bits per heavy atom. The van der Waals surface area contributed by atoms with Crippen molar-refractivity contribution in [2.45, 2.75) is 25.8 Å². The number of carbonyl (C=O) groups excluding carboxylic acids is 2. The highest BCUT2D eigenvalue weighted by Gasteiger charge is 2.27. The van der Waals surface area contributed by atoms with E-state index in [-0.39, 0.29) is 28.4 Å². The zero-order valence-electron chi connectivity index (χ0n) is 19.5. The lowest BCUT2D eigenvalue weighted by molar-refractivity contribution is 0.0593. The second-order valence-electron chi connectivity index (χ2n) is 8.68. The van der Waals surface area contributed by atoms with Crippen molar-refractivity contribution >= 4 is 46.8 Å². The summed E-state index contributed by atoms with van der Waals surface area (Å²) >= 11 is 12.3. The van der Waals surface area contributed by atoms with E-state index in [9.17, 15) is 9.59 Å². The maximum atomic E-state index is 12.7. The SMILES string of the molecule is COC(=O)c1cc(N2CCC(NC(=O)c3[nH]c(C)c(Cl)c3Cl)CC2)nc(N2CCN(C)CC2)n1. The van der Waals surface area contributed by atoms with Crippen LogP contribution in [0.25, 0.3) is 0 Å². The quantitative estimate of drug-likeness (QED) is 0.591. The summed E-state index contributed by atoms with van der Waals surface area (Å²) in [6.45, 7) is 6.50. The minimum atomic E-state index is -0.488. The van der Waals surface area contributed by atoms with Gasteiger partial charge in [-0.15, -0.1) is 0 Å². The first-order valence-corrected chi connectivity index (χ1v) is 12.0. The van der Waals surface area contributed by atoms with Crippen LogP contribution < -0.4 is 15.1 Å². The lowest BCUT2D eigenvalue weighted by Crippen LogP contribution is -2.46. The number of carbonyl (C=O) groups is 2. The number of hydrogen-bond acceptors (Lipinski definition) is 8. The van der Waals surface area contributed by atoms with Gasteiger partial charge < -0.3 is 29.7 Å². The molecule has 0 unspecified atom stereocenters. The molecule has 0 radical (unpaired) electrons. The van der Waals surface area contributed by atoms with Crippen LogP contribution in [0.3, 0.4) is 0 Å². The van der Waals surface area contributed by atoms with E-state index >= 15 is 0 Å². The number of aromatic nitrogens is 3. The number of nitrogens with one attached hydrogen (secondary N) is 2. The average Bonchev–Trinajstić information content (AvgIpc) is 3.11. The van der Waals surface area contributed by atoms with Crippen LogP contribution in [0.15, 0.2) is 6.07 Å². The number of H-pyrrole nitrogens is 1. The number of halogens is 2. The molecule has 184 valence electrons. The van der Waals surface area contributed by atoms with E-state index < -0.39 is 5.97 Å². The monoisotopic (exact) mass is 509 g/mol. The highest BCUT2D eigenvalue weighted by Crippen LogP contribution is 2.29. The molecule has 34 heavy (non-hydrogen) atoms. The number of piperidine rings is 1. The first-order valence-electron chi connectivity index (χ1n) is 11.3. The van der Waals surface area contributed by atoms with Crippen LogP contribution in [0.4, 0.5) is 11.8 Å². The third kappa shape index (κ3) is 5.24. The fraction of sp³-hybridized carbons (Fsp3) is 0.545. The largest absolute Gasteiger partial charge is 0.464 e.